The van der Waals surface area contributed by atoms with E-state index in [2.05, 4.69) is 145 Å². The highest BCUT2D eigenvalue weighted by Crippen LogP contribution is 2.51. The van der Waals surface area contributed by atoms with Gasteiger partial charge in [0.2, 0.25) is 0 Å². The maximum Gasteiger partial charge on any atom is 0.123 e. The molecule has 1 aromatic heterocycles. The lowest BCUT2D eigenvalue weighted by Crippen LogP contribution is -2.15. The lowest BCUT2D eigenvalue weighted by atomic mass is 9.82. The molecule has 1 aliphatic carbocycles. The van der Waals surface area contributed by atoms with Gasteiger partial charge in [0.1, 0.15) is 5.82 Å². The Labute approximate surface area is 269 Å². The van der Waals surface area contributed by atoms with Gasteiger partial charge >= 0.3 is 0 Å². The van der Waals surface area contributed by atoms with Crippen LogP contribution in [0.3, 0.4) is 0 Å². The third kappa shape index (κ3) is 4.32. The third-order valence-electron chi connectivity index (χ3n) is 9.92. The first-order valence-electron chi connectivity index (χ1n) is 15.8. The molecule has 0 amide bonds. The molecule has 46 heavy (non-hydrogen) atoms. The van der Waals surface area contributed by atoms with Crippen LogP contribution in [0.15, 0.2) is 127 Å². The first-order valence-corrected chi connectivity index (χ1v) is 15.8. The number of halogens is 1. The van der Waals surface area contributed by atoms with E-state index < -0.39 is 0 Å². The van der Waals surface area contributed by atoms with Crippen molar-refractivity contribution in [2.45, 2.75) is 26.2 Å². The number of fused-ring (bicyclic) bond motifs is 6. The highest BCUT2D eigenvalue weighted by molar-refractivity contribution is 6.10. The number of nitrogens with zero attached hydrogens (tertiary/aromatic N) is 3. The average molecular weight is 602 g/mol. The van der Waals surface area contributed by atoms with Crippen LogP contribution in [0.5, 0.6) is 0 Å². The summed E-state index contributed by atoms with van der Waals surface area (Å²) in [6, 6.07) is 44.4. The summed E-state index contributed by atoms with van der Waals surface area (Å²) < 4.78 is 15.9. The van der Waals surface area contributed by atoms with Gasteiger partial charge in [-0.25, -0.2) is 4.39 Å². The molecule has 0 spiro atoms. The Hall–Kier alpha value is -5.35. The Kier molecular flexibility index (Phi) is 6.33. The van der Waals surface area contributed by atoms with E-state index in [0.717, 1.165) is 34.0 Å². The molecule has 226 valence electrons. The smallest absolute Gasteiger partial charge is 0.123 e. The highest BCUT2D eigenvalue weighted by atomic mass is 19.1. The van der Waals surface area contributed by atoms with Crippen molar-refractivity contribution in [3.05, 3.63) is 150 Å². The molecule has 8 rings (SSSR count). The van der Waals surface area contributed by atoms with Gasteiger partial charge in [0.15, 0.2) is 0 Å². The van der Waals surface area contributed by atoms with E-state index in [0.29, 0.717) is 0 Å². The average Bonchev–Trinajstić information content (AvgIpc) is 3.47. The summed E-state index contributed by atoms with van der Waals surface area (Å²) in [6.45, 7) is 6.84. The second-order valence-corrected chi connectivity index (χ2v) is 13.1. The largest absolute Gasteiger partial charge is 0.345 e. The van der Waals surface area contributed by atoms with E-state index in [1.54, 1.807) is 0 Å². The van der Waals surface area contributed by atoms with Gasteiger partial charge in [-0.15, -0.1) is 0 Å². The van der Waals surface area contributed by atoms with Crippen molar-refractivity contribution in [2.75, 3.05) is 16.8 Å². The number of hydrogen-bond acceptors (Lipinski definition) is 2. The molecule has 4 heteroatoms. The SMILES string of the molecule is Cc1ccc2c(c1)-c1cc(N(c3ccccc3)c3ccc4c5ccc(N(C)c6ccc(F)cc6)cc5n(C)c4c3)ccc1C2(C)C. The molecule has 0 unspecified atom stereocenters. The van der Waals surface area contributed by atoms with Gasteiger partial charge in [-0.2, -0.15) is 0 Å². The Morgan fingerprint density at radius 3 is 1.80 bits per heavy atom. The second-order valence-electron chi connectivity index (χ2n) is 13.1. The van der Waals surface area contributed by atoms with Crippen molar-refractivity contribution in [2.24, 2.45) is 7.05 Å². The van der Waals surface area contributed by atoms with Gasteiger partial charge in [-0.05, 0) is 102 Å². The zero-order valence-electron chi connectivity index (χ0n) is 26.8. The van der Waals surface area contributed by atoms with Crippen LogP contribution in [-0.2, 0) is 12.5 Å². The zero-order chi connectivity index (χ0) is 31.7. The lowest BCUT2D eigenvalue weighted by Gasteiger charge is -2.27. The van der Waals surface area contributed by atoms with Crippen LogP contribution in [0, 0.1) is 12.7 Å². The summed E-state index contributed by atoms with van der Waals surface area (Å²) >= 11 is 0. The van der Waals surface area contributed by atoms with E-state index in [1.807, 2.05) is 19.2 Å². The highest BCUT2D eigenvalue weighted by Gasteiger charge is 2.35. The quantitative estimate of drug-likeness (QED) is 0.194. The van der Waals surface area contributed by atoms with Gasteiger partial charge < -0.3 is 14.4 Å². The summed E-state index contributed by atoms with van der Waals surface area (Å²) in [4.78, 5) is 4.46. The molecular weight excluding hydrogens is 565 g/mol. The van der Waals surface area contributed by atoms with Crippen LogP contribution in [0.1, 0.15) is 30.5 Å². The predicted octanol–water partition coefficient (Wildman–Crippen LogP) is 11.3. The molecule has 1 heterocycles. The minimum Gasteiger partial charge on any atom is -0.345 e. The van der Waals surface area contributed by atoms with Crippen LogP contribution in [0.2, 0.25) is 0 Å². The molecule has 7 aromatic rings. The molecule has 0 fully saturated rings. The topological polar surface area (TPSA) is 11.4 Å². The zero-order valence-corrected chi connectivity index (χ0v) is 26.8. The van der Waals surface area contributed by atoms with E-state index in [1.165, 1.54) is 56.2 Å². The second kappa shape index (κ2) is 10.3. The summed E-state index contributed by atoms with van der Waals surface area (Å²) in [5.41, 5.74) is 14.3. The van der Waals surface area contributed by atoms with Crippen LogP contribution in [-0.4, -0.2) is 11.6 Å². The molecule has 0 radical (unpaired) electrons. The fraction of sp³-hybridized carbons (Fsp3) is 0.143. The van der Waals surface area contributed by atoms with E-state index >= 15 is 0 Å². The minimum absolute atomic E-state index is 0.0415. The number of benzene rings is 6. The Morgan fingerprint density at radius 1 is 0.565 bits per heavy atom. The predicted molar refractivity (Wildman–Crippen MR) is 192 cm³/mol. The Balaban J connectivity index is 1.26. The van der Waals surface area contributed by atoms with Crippen molar-refractivity contribution < 1.29 is 4.39 Å². The minimum atomic E-state index is -0.231. The van der Waals surface area contributed by atoms with E-state index in [4.69, 9.17) is 0 Å². The lowest BCUT2D eigenvalue weighted by molar-refractivity contribution is 0.628. The van der Waals surface area contributed by atoms with Gasteiger partial charge in [-0.3, -0.25) is 0 Å². The summed E-state index contributed by atoms with van der Waals surface area (Å²) in [5.74, 6) is -0.231. The molecule has 0 aliphatic heterocycles. The maximum absolute atomic E-state index is 13.6. The first kappa shape index (κ1) is 28.1. The van der Waals surface area contributed by atoms with E-state index in [-0.39, 0.29) is 11.2 Å². The fourth-order valence-electron chi connectivity index (χ4n) is 7.38. The molecule has 0 N–H and O–H groups in total. The molecule has 0 bridgehead atoms. The Morgan fingerprint density at radius 2 is 1.11 bits per heavy atom. The number of para-hydroxylation sites is 1. The van der Waals surface area contributed by atoms with Gasteiger partial charge in [-0.1, -0.05) is 74.0 Å². The van der Waals surface area contributed by atoms with Gasteiger partial charge in [0.05, 0.1) is 11.0 Å². The van der Waals surface area contributed by atoms with Crippen molar-refractivity contribution in [3.63, 3.8) is 0 Å². The monoisotopic (exact) mass is 601 g/mol. The van der Waals surface area contributed by atoms with Crippen LogP contribution < -0.4 is 9.80 Å². The number of aromatic nitrogens is 1. The van der Waals surface area contributed by atoms with Crippen molar-refractivity contribution in [1.82, 2.24) is 4.57 Å². The Bertz CT molecular complexity index is 2280. The van der Waals surface area contributed by atoms with Crippen molar-refractivity contribution >= 4 is 50.2 Å². The van der Waals surface area contributed by atoms with E-state index in [9.17, 15) is 4.39 Å². The normalized spacial score (nSPS) is 13.2. The molecular formula is C42H36FN3. The number of anilines is 5. The summed E-state index contributed by atoms with van der Waals surface area (Å²) in [5, 5.41) is 2.42. The van der Waals surface area contributed by atoms with Crippen LogP contribution in [0.4, 0.5) is 32.8 Å². The van der Waals surface area contributed by atoms with Crippen LogP contribution >= 0.6 is 0 Å². The van der Waals surface area contributed by atoms with Gasteiger partial charge in [0.25, 0.3) is 0 Å². The third-order valence-corrected chi connectivity index (χ3v) is 9.92. The summed E-state index contributed by atoms with van der Waals surface area (Å²) in [6.07, 6.45) is 0. The number of hydrogen-bond donors (Lipinski definition) is 0. The van der Waals surface area contributed by atoms with Crippen molar-refractivity contribution in [3.8, 4) is 11.1 Å². The molecule has 0 atom stereocenters. The molecule has 0 saturated heterocycles. The standard InChI is InChI=1S/C42H36FN3/c1-27-11-21-38-36(23-27)37-24-32(18-22-39(37)42(38,2)3)46(30-9-7-6-8-10-30)33-17-20-35-34-19-16-31(25-40(34)45(5)41(35)26-33)44(4)29-14-12-28(43)13-15-29/h6-26H,1-5H3. The molecule has 1 aliphatic rings. The van der Waals surface area contributed by atoms with Crippen LogP contribution in [0.25, 0.3) is 32.9 Å². The van der Waals surface area contributed by atoms with Gasteiger partial charge in [0, 0.05) is 58.7 Å². The first-order chi connectivity index (χ1) is 22.2. The number of aryl methyl sites for hydroxylation is 2. The number of rotatable bonds is 5. The molecule has 3 nitrogen and oxygen atoms in total. The van der Waals surface area contributed by atoms with Crippen molar-refractivity contribution in [1.29, 1.82) is 0 Å². The molecule has 6 aromatic carbocycles. The molecule has 0 saturated carbocycles. The fourth-order valence-corrected chi connectivity index (χ4v) is 7.38. The maximum atomic E-state index is 13.6. The summed E-state index contributed by atoms with van der Waals surface area (Å²) in [7, 11) is 4.16.